The fourth-order valence-electron chi connectivity index (χ4n) is 2.57. The Kier molecular flexibility index (Phi) is 6.94. The van der Waals surface area contributed by atoms with Crippen LogP contribution >= 0.6 is 23.1 Å². The van der Waals surface area contributed by atoms with Crippen molar-refractivity contribution in [2.45, 2.75) is 29.6 Å². The van der Waals surface area contributed by atoms with Gasteiger partial charge in [-0.25, -0.2) is 17.7 Å². The molecule has 0 saturated carbocycles. The molecule has 0 atom stereocenters. The molecule has 0 radical (unpaired) electrons. The standard InChI is InChI=1S/C20H23N3O3S3/c1-14-6-8-15(9-7-14)27-12-4-5-19(24)22-20-21-17-11-10-16(13-18(17)28-20)29(25,26)23(2)3/h6-11,13H,4-5,12H2,1-3H3,(H,21,22,24). The van der Waals surface area contributed by atoms with Gasteiger partial charge >= 0.3 is 0 Å². The number of carbonyl (C=O) groups excluding carboxylic acids is 1. The van der Waals surface area contributed by atoms with Crippen LogP contribution < -0.4 is 5.32 Å². The van der Waals surface area contributed by atoms with E-state index < -0.39 is 10.0 Å². The first-order chi connectivity index (χ1) is 13.8. The summed E-state index contributed by atoms with van der Waals surface area (Å²) in [5.74, 6) is 0.775. The molecule has 1 heterocycles. The molecule has 29 heavy (non-hydrogen) atoms. The molecule has 1 aromatic heterocycles. The van der Waals surface area contributed by atoms with Gasteiger partial charge in [-0.15, -0.1) is 11.8 Å². The first-order valence-corrected chi connectivity index (χ1v) is 12.3. The molecule has 3 aromatic rings. The van der Waals surface area contributed by atoms with Crippen LogP contribution in [-0.4, -0.2) is 43.5 Å². The molecular formula is C20H23N3O3S3. The average Bonchev–Trinajstić information content (AvgIpc) is 3.07. The Morgan fingerprint density at radius 2 is 1.90 bits per heavy atom. The molecule has 3 rings (SSSR count). The van der Waals surface area contributed by atoms with Crippen LogP contribution in [-0.2, 0) is 14.8 Å². The van der Waals surface area contributed by atoms with Crippen molar-refractivity contribution in [3.05, 3.63) is 48.0 Å². The largest absolute Gasteiger partial charge is 0.302 e. The SMILES string of the molecule is Cc1ccc(SCCCC(=O)Nc2nc3ccc(S(=O)(=O)N(C)C)cc3s2)cc1. The fraction of sp³-hybridized carbons (Fsp3) is 0.300. The molecule has 1 N–H and O–H groups in total. The number of nitrogens with zero attached hydrogens (tertiary/aromatic N) is 2. The number of rotatable bonds is 8. The van der Waals surface area contributed by atoms with Crippen LogP contribution in [0.3, 0.4) is 0 Å². The zero-order valence-electron chi connectivity index (χ0n) is 16.5. The minimum Gasteiger partial charge on any atom is -0.302 e. The van der Waals surface area contributed by atoms with Crippen molar-refractivity contribution >= 4 is 54.4 Å². The van der Waals surface area contributed by atoms with Gasteiger partial charge in [-0.1, -0.05) is 29.0 Å². The number of hydrogen-bond donors (Lipinski definition) is 1. The summed E-state index contributed by atoms with van der Waals surface area (Å²) in [7, 11) is -0.510. The first-order valence-electron chi connectivity index (χ1n) is 9.08. The third kappa shape index (κ3) is 5.57. The maximum Gasteiger partial charge on any atom is 0.242 e. The van der Waals surface area contributed by atoms with Crippen LogP contribution in [0.4, 0.5) is 5.13 Å². The van der Waals surface area contributed by atoms with E-state index in [1.165, 1.54) is 46.3 Å². The number of sulfonamides is 1. The second-order valence-electron chi connectivity index (χ2n) is 6.75. The Bertz CT molecular complexity index is 1110. The molecule has 9 heteroatoms. The van der Waals surface area contributed by atoms with Gasteiger partial charge < -0.3 is 5.32 Å². The lowest BCUT2D eigenvalue weighted by Crippen LogP contribution is -2.22. The normalized spacial score (nSPS) is 11.9. The molecule has 0 unspecified atom stereocenters. The fourth-order valence-corrected chi connectivity index (χ4v) is 5.35. The number of hydrogen-bond acceptors (Lipinski definition) is 6. The number of benzene rings is 2. The number of anilines is 1. The monoisotopic (exact) mass is 449 g/mol. The quantitative estimate of drug-likeness (QED) is 0.408. The number of thioether (sulfide) groups is 1. The van der Waals surface area contributed by atoms with E-state index in [9.17, 15) is 13.2 Å². The van der Waals surface area contributed by atoms with Gasteiger partial charge in [-0.3, -0.25) is 4.79 Å². The van der Waals surface area contributed by atoms with Gasteiger partial charge in [-0.2, -0.15) is 0 Å². The molecule has 0 fully saturated rings. The van der Waals surface area contributed by atoms with Crippen LogP contribution in [0.2, 0.25) is 0 Å². The lowest BCUT2D eigenvalue weighted by molar-refractivity contribution is -0.116. The van der Waals surface area contributed by atoms with Crippen molar-refractivity contribution in [1.29, 1.82) is 0 Å². The molecule has 2 aromatic carbocycles. The van der Waals surface area contributed by atoms with Gasteiger partial charge in [0, 0.05) is 25.4 Å². The molecular weight excluding hydrogens is 426 g/mol. The number of aromatic nitrogens is 1. The van der Waals surface area contributed by atoms with Gasteiger partial charge in [0.25, 0.3) is 0 Å². The summed E-state index contributed by atoms with van der Waals surface area (Å²) in [6, 6.07) is 13.1. The van der Waals surface area contributed by atoms with Gasteiger partial charge in [0.05, 0.1) is 15.1 Å². The number of carbonyl (C=O) groups is 1. The highest BCUT2D eigenvalue weighted by Crippen LogP contribution is 2.29. The predicted octanol–water partition coefficient (Wildman–Crippen LogP) is 4.37. The van der Waals surface area contributed by atoms with E-state index in [-0.39, 0.29) is 10.8 Å². The summed E-state index contributed by atoms with van der Waals surface area (Å²) in [5, 5.41) is 3.30. The Balaban J connectivity index is 1.55. The van der Waals surface area contributed by atoms with Gasteiger partial charge in [0.2, 0.25) is 15.9 Å². The third-order valence-electron chi connectivity index (χ3n) is 4.22. The molecule has 6 nitrogen and oxygen atoms in total. The maximum atomic E-state index is 12.3. The minimum absolute atomic E-state index is 0.0882. The summed E-state index contributed by atoms with van der Waals surface area (Å²) in [6.07, 6.45) is 1.18. The molecule has 154 valence electrons. The molecule has 0 aliphatic rings. The zero-order valence-corrected chi connectivity index (χ0v) is 19.0. The van der Waals surface area contributed by atoms with E-state index in [1.54, 1.807) is 23.9 Å². The van der Waals surface area contributed by atoms with Crippen LogP contribution in [0, 0.1) is 6.92 Å². The summed E-state index contributed by atoms with van der Waals surface area (Å²) < 4.78 is 26.4. The minimum atomic E-state index is -3.50. The number of thiazole rings is 1. The van der Waals surface area contributed by atoms with Crippen molar-refractivity contribution in [2.24, 2.45) is 0 Å². The number of amides is 1. The second-order valence-corrected chi connectivity index (χ2v) is 11.1. The van der Waals surface area contributed by atoms with Crippen molar-refractivity contribution in [3.8, 4) is 0 Å². The second kappa shape index (κ2) is 9.25. The van der Waals surface area contributed by atoms with Crippen LogP contribution in [0.15, 0.2) is 52.3 Å². The maximum absolute atomic E-state index is 12.3. The lowest BCUT2D eigenvalue weighted by Gasteiger charge is -2.10. The highest BCUT2D eigenvalue weighted by atomic mass is 32.2. The highest BCUT2D eigenvalue weighted by molar-refractivity contribution is 7.99. The third-order valence-corrected chi connectivity index (χ3v) is 8.07. The number of aryl methyl sites for hydroxylation is 1. The molecule has 0 aliphatic heterocycles. The van der Waals surface area contributed by atoms with Gasteiger partial charge in [0.1, 0.15) is 0 Å². The first kappa shape index (κ1) is 21.8. The van der Waals surface area contributed by atoms with Crippen molar-refractivity contribution in [1.82, 2.24) is 9.29 Å². The topological polar surface area (TPSA) is 79.4 Å². The smallest absolute Gasteiger partial charge is 0.242 e. The molecule has 1 amide bonds. The van der Waals surface area contributed by atoms with Crippen molar-refractivity contribution in [2.75, 3.05) is 25.2 Å². The van der Waals surface area contributed by atoms with Crippen LogP contribution in [0.5, 0.6) is 0 Å². The molecule has 0 saturated heterocycles. The summed E-state index contributed by atoms with van der Waals surface area (Å²) in [6.45, 7) is 2.06. The highest BCUT2D eigenvalue weighted by Gasteiger charge is 2.18. The summed E-state index contributed by atoms with van der Waals surface area (Å²) in [4.78, 5) is 18.0. The lowest BCUT2D eigenvalue weighted by atomic mass is 10.2. The van der Waals surface area contributed by atoms with E-state index >= 15 is 0 Å². The Morgan fingerprint density at radius 1 is 1.17 bits per heavy atom. The number of fused-ring (bicyclic) bond motifs is 1. The Labute approximate surface area is 179 Å². The van der Waals surface area contributed by atoms with Crippen LogP contribution in [0.1, 0.15) is 18.4 Å². The summed E-state index contributed by atoms with van der Waals surface area (Å²) >= 11 is 3.01. The van der Waals surface area contributed by atoms with E-state index in [1.807, 2.05) is 0 Å². The predicted molar refractivity (Wildman–Crippen MR) is 120 cm³/mol. The van der Waals surface area contributed by atoms with Gasteiger partial charge in [-0.05, 0) is 49.4 Å². The Hall–Kier alpha value is -1.94. The van der Waals surface area contributed by atoms with Crippen molar-refractivity contribution in [3.63, 3.8) is 0 Å². The summed E-state index contributed by atoms with van der Waals surface area (Å²) in [5.41, 5.74) is 1.90. The van der Waals surface area contributed by atoms with E-state index in [2.05, 4.69) is 41.5 Å². The van der Waals surface area contributed by atoms with Gasteiger partial charge in [0.15, 0.2) is 5.13 Å². The van der Waals surface area contributed by atoms with E-state index in [0.29, 0.717) is 17.1 Å². The van der Waals surface area contributed by atoms with Crippen molar-refractivity contribution < 1.29 is 13.2 Å². The van der Waals surface area contributed by atoms with E-state index in [4.69, 9.17) is 0 Å². The van der Waals surface area contributed by atoms with Crippen LogP contribution in [0.25, 0.3) is 10.2 Å². The molecule has 0 spiro atoms. The molecule has 0 bridgehead atoms. The average molecular weight is 450 g/mol. The van der Waals surface area contributed by atoms with E-state index in [0.717, 1.165) is 16.9 Å². The Morgan fingerprint density at radius 3 is 2.59 bits per heavy atom. The zero-order chi connectivity index (χ0) is 21.0. The number of nitrogens with one attached hydrogen (secondary N) is 1. The molecule has 0 aliphatic carbocycles.